The number of ether oxygens (including phenoxy) is 3. The third-order valence-corrected chi connectivity index (χ3v) is 4.94. The molecule has 2 aliphatic rings. The first-order valence-corrected chi connectivity index (χ1v) is 8.69. The van der Waals surface area contributed by atoms with E-state index in [0.29, 0.717) is 46.9 Å². The summed E-state index contributed by atoms with van der Waals surface area (Å²) in [4.78, 5) is 25.1. The Kier molecular flexibility index (Phi) is 5.16. The number of rotatable bonds is 3. The van der Waals surface area contributed by atoms with Crippen molar-refractivity contribution in [2.24, 2.45) is 5.73 Å². The van der Waals surface area contributed by atoms with Crippen molar-refractivity contribution in [3.63, 3.8) is 0 Å². The molecule has 1 aliphatic carbocycles. The summed E-state index contributed by atoms with van der Waals surface area (Å²) in [5.41, 5.74) is 6.85. The van der Waals surface area contributed by atoms with E-state index in [9.17, 15) is 9.59 Å². The summed E-state index contributed by atoms with van der Waals surface area (Å²) in [5, 5.41) is 0.597. The molecule has 0 saturated carbocycles. The molecule has 3 rings (SSSR count). The minimum Gasteiger partial charge on any atom is -0.495 e. The Morgan fingerprint density at radius 1 is 1.27 bits per heavy atom. The van der Waals surface area contributed by atoms with Gasteiger partial charge in [-0.1, -0.05) is 23.2 Å². The average molecular weight is 398 g/mol. The van der Waals surface area contributed by atoms with Crippen LogP contribution in [0.15, 0.2) is 34.9 Å². The van der Waals surface area contributed by atoms with E-state index in [1.165, 1.54) is 20.3 Å². The molecule has 0 aromatic heterocycles. The van der Waals surface area contributed by atoms with Gasteiger partial charge < -0.3 is 19.9 Å². The smallest absolute Gasteiger partial charge is 0.340 e. The first kappa shape index (κ1) is 18.6. The molecular formula is C18H17Cl2NO5. The van der Waals surface area contributed by atoms with Gasteiger partial charge in [-0.2, -0.15) is 0 Å². The van der Waals surface area contributed by atoms with Gasteiger partial charge in [0.25, 0.3) is 0 Å². The number of hydrogen-bond acceptors (Lipinski definition) is 6. The quantitative estimate of drug-likeness (QED) is 0.785. The minimum absolute atomic E-state index is 0.0260. The lowest BCUT2D eigenvalue weighted by atomic mass is 9.77. The molecule has 0 saturated heterocycles. The van der Waals surface area contributed by atoms with Gasteiger partial charge in [-0.3, -0.25) is 4.79 Å². The summed E-state index contributed by atoms with van der Waals surface area (Å²) in [7, 11) is 2.68. The van der Waals surface area contributed by atoms with E-state index in [-0.39, 0.29) is 22.3 Å². The average Bonchev–Trinajstić information content (AvgIpc) is 2.59. The lowest BCUT2D eigenvalue weighted by Crippen LogP contribution is -2.31. The Morgan fingerprint density at radius 2 is 2.00 bits per heavy atom. The molecule has 0 radical (unpaired) electrons. The van der Waals surface area contributed by atoms with E-state index in [1.807, 2.05) is 0 Å². The van der Waals surface area contributed by atoms with Crippen LogP contribution in [0.3, 0.4) is 0 Å². The zero-order chi connectivity index (χ0) is 19.0. The summed E-state index contributed by atoms with van der Waals surface area (Å²) in [6, 6.07) is 3.12. The molecule has 1 atom stereocenters. The second kappa shape index (κ2) is 7.21. The van der Waals surface area contributed by atoms with Crippen molar-refractivity contribution in [3.8, 4) is 5.75 Å². The highest BCUT2D eigenvalue weighted by molar-refractivity contribution is 6.35. The molecule has 1 aromatic carbocycles. The summed E-state index contributed by atoms with van der Waals surface area (Å²) in [6.07, 6.45) is 1.55. The molecule has 1 aliphatic heterocycles. The number of carbonyl (C=O) groups is 2. The number of benzene rings is 1. The topological polar surface area (TPSA) is 87.9 Å². The van der Waals surface area contributed by atoms with Crippen LogP contribution in [0.1, 0.15) is 30.7 Å². The van der Waals surface area contributed by atoms with Crippen molar-refractivity contribution in [1.29, 1.82) is 0 Å². The summed E-state index contributed by atoms with van der Waals surface area (Å²) in [6.45, 7) is 0. The van der Waals surface area contributed by atoms with E-state index in [4.69, 9.17) is 43.1 Å². The molecule has 0 spiro atoms. The molecule has 0 bridgehead atoms. The van der Waals surface area contributed by atoms with Crippen LogP contribution in [0.2, 0.25) is 10.0 Å². The van der Waals surface area contributed by atoms with Gasteiger partial charge in [0, 0.05) is 29.0 Å². The Bertz CT molecular complexity index is 859. The third-order valence-electron chi connectivity index (χ3n) is 4.44. The van der Waals surface area contributed by atoms with E-state index < -0.39 is 11.9 Å². The van der Waals surface area contributed by atoms with Gasteiger partial charge in [0.2, 0.25) is 5.88 Å². The molecule has 0 unspecified atom stereocenters. The molecule has 2 N–H and O–H groups in total. The first-order valence-electron chi connectivity index (χ1n) is 7.94. The van der Waals surface area contributed by atoms with Crippen molar-refractivity contribution in [2.75, 3.05) is 14.2 Å². The van der Waals surface area contributed by atoms with Crippen LogP contribution < -0.4 is 10.5 Å². The highest BCUT2D eigenvalue weighted by Crippen LogP contribution is 2.48. The van der Waals surface area contributed by atoms with Crippen LogP contribution in [0, 0.1) is 0 Å². The fraction of sp³-hybridized carbons (Fsp3) is 0.333. The highest BCUT2D eigenvalue weighted by atomic mass is 35.5. The Balaban J connectivity index is 2.31. The fourth-order valence-electron chi connectivity index (χ4n) is 3.39. The number of hydrogen-bond donors (Lipinski definition) is 1. The van der Waals surface area contributed by atoms with Crippen molar-refractivity contribution in [2.45, 2.75) is 25.2 Å². The molecule has 0 amide bonds. The van der Waals surface area contributed by atoms with Crippen LogP contribution in [-0.2, 0) is 19.1 Å². The monoisotopic (exact) mass is 397 g/mol. The van der Waals surface area contributed by atoms with E-state index in [1.54, 1.807) is 6.07 Å². The molecule has 1 aromatic rings. The number of Topliss-reactive ketones (excluding diaryl/α,β-unsaturated/α-hetero) is 1. The molecule has 0 fully saturated rings. The highest BCUT2D eigenvalue weighted by Gasteiger charge is 2.42. The van der Waals surface area contributed by atoms with E-state index >= 15 is 0 Å². The number of allylic oxidation sites excluding steroid dienone is 2. The summed E-state index contributed by atoms with van der Waals surface area (Å²) in [5.74, 6) is -0.991. The Hall–Kier alpha value is -2.18. The fourth-order valence-corrected chi connectivity index (χ4v) is 3.97. The Morgan fingerprint density at radius 3 is 2.65 bits per heavy atom. The maximum atomic E-state index is 12.7. The van der Waals surface area contributed by atoms with Crippen LogP contribution in [0.5, 0.6) is 5.75 Å². The van der Waals surface area contributed by atoms with Gasteiger partial charge in [0.05, 0.1) is 25.2 Å². The molecule has 6 nitrogen and oxygen atoms in total. The molecule has 138 valence electrons. The maximum Gasteiger partial charge on any atom is 0.340 e. The number of methoxy groups -OCH3 is 2. The minimum atomic E-state index is -0.829. The van der Waals surface area contributed by atoms with E-state index in [0.717, 1.165) is 0 Å². The largest absolute Gasteiger partial charge is 0.495 e. The van der Waals surface area contributed by atoms with Gasteiger partial charge in [-0.05, 0) is 18.6 Å². The van der Waals surface area contributed by atoms with Gasteiger partial charge in [0.15, 0.2) is 5.78 Å². The van der Waals surface area contributed by atoms with Crippen molar-refractivity contribution < 1.29 is 23.8 Å². The van der Waals surface area contributed by atoms with Crippen LogP contribution in [0.4, 0.5) is 0 Å². The van der Waals surface area contributed by atoms with Gasteiger partial charge in [-0.25, -0.2) is 4.79 Å². The Labute approximate surface area is 160 Å². The zero-order valence-corrected chi connectivity index (χ0v) is 15.7. The molecular weight excluding hydrogens is 381 g/mol. The number of ketones is 1. The third kappa shape index (κ3) is 3.04. The second-order valence-electron chi connectivity index (χ2n) is 5.93. The normalized spacial score (nSPS) is 19.8. The standard InChI is InChI=1S/C18H17Cl2NO5/c1-24-16-9(6-8(19)7-10(16)20)13-14-11(22)4-3-5-12(14)26-17(21)15(13)18(23)25-2/h6-7,13H,3-5,21H2,1-2H3/t13-/m1/s1. The zero-order valence-electron chi connectivity index (χ0n) is 14.2. The predicted octanol–water partition coefficient (Wildman–Crippen LogP) is 3.47. The number of esters is 1. The second-order valence-corrected chi connectivity index (χ2v) is 6.77. The number of carbonyl (C=O) groups excluding carboxylic acids is 2. The van der Waals surface area contributed by atoms with Gasteiger partial charge in [-0.15, -0.1) is 0 Å². The van der Waals surface area contributed by atoms with Crippen molar-refractivity contribution in [3.05, 3.63) is 50.5 Å². The predicted molar refractivity (Wildman–Crippen MR) is 96.0 cm³/mol. The lowest BCUT2D eigenvalue weighted by Gasteiger charge is -2.33. The number of halogens is 2. The maximum absolute atomic E-state index is 12.7. The lowest BCUT2D eigenvalue weighted by molar-refractivity contribution is -0.136. The summed E-state index contributed by atoms with van der Waals surface area (Å²) >= 11 is 12.4. The van der Waals surface area contributed by atoms with Crippen LogP contribution >= 0.6 is 23.2 Å². The van der Waals surface area contributed by atoms with Crippen LogP contribution in [0.25, 0.3) is 0 Å². The number of nitrogens with two attached hydrogens (primary N) is 1. The van der Waals surface area contributed by atoms with Crippen LogP contribution in [-0.4, -0.2) is 26.0 Å². The molecule has 8 heteroatoms. The van der Waals surface area contributed by atoms with Crippen molar-refractivity contribution in [1.82, 2.24) is 0 Å². The summed E-state index contributed by atoms with van der Waals surface area (Å²) < 4.78 is 15.9. The van der Waals surface area contributed by atoms with Gasteiger partial charge >= 0.3 is 5.97 Å². The van der Waals surface area contributed by atoms with Crippen molar-refractivity contribution >= 4 is 35.0 Å². The van der Waals surface area contributed by atoms with Gasteiger partial charge in [0.1, 0.15) is 17.1 Å². The van der Waals surface area contributed by atoms with E-state index in [2.05, 4.69) is 0 Å². The molecule has 26 heavy (non-hydrogen) atoms. The first-order chi connectivity index (χ1) is 12.4. The SMILES string of the molecule is COC(=O)C1=C(N)OC2=C(C(=O)CCC2)[C@H]1c1cc(Cl)cc(Cl)c1OC. The molecule has 1 heterocycles.